The van der Waals surface area contributed by atoms with Crippen LogP contribution in [0.5, 0.6) is 0 Å². The summed E-state index contributed by atoms with van der Waals surface area (Å²) in [5.74, 6) is 2.11. The van der Waals surface area contributed by atoms with Crippen LogP contribution in [0.15, 0.2) is 30.3 Å². The molecule has 0 atom stereocenters. The molecule has 34 heavy (non-hydrogen) atoms. The number of anilines is 1. The molecule has 3 aliphatic rings. The summed E-state index contributed by atoms with van der Waals surface area (Å²) in [6, 6.07) is 11.4. The SMILES string of the molecule is CNCCCCCCN1CN(c2ccccc2)C2(CCN([C@H]3CC[C@H](C(C)C)CC3)CC2)C1=O. The molecule has 2 aliphatic heterocycles. The second kappa shape index (κ2) is 11.9. The molecule has 0 radical (unpaired) electrons. The fourth-order valence-corrected chi connectivity index (χ4v) is 6.72. The van der Waals surface area contributed by atoms with Crippen LogP contribution in [-0.2, 0) is 4.79 Å². The van der Waals surface area contributed by atoms with E-state index in [0.717, 1.165) is 70.0 Å². The number of rotatable bonds is 10. The number of para-hydroxylation sites is 1. The summed E-state index contributed by atoms with van der Waals surface area (Å²) < 4.78 is 0. The third-order valence-electron chi connectivity index (χ3n) is 9.01. The maximum Gasteiger partial charge on any atom is 0.250 e. The van der Waals surface area contributed by atoms with E-state index < -0.39 is 0 Å². The third kappa shape index (κ3) is 5.62. The van der Waals surface area contributed by atoms with E-state index in [2.05, 4.69) is 64.2 Å². The molecule has 3 fully saturated rings. The smallest absolute Gasteiger partial charge is 0.250 e. The van der Waals surface area contributed by atoms with Crippen LogP contribution in [-0.4, -0.2) is 67.2 Å². The summed E-state index contributed by atoms with van der Waals surface area (Å²) in [5, 5.41) is 3.23. The van der Waals surface area contributed by atoms with Crippen LogP contribution < -0.4 is 10.2 Å². The van der Waals surface area contributed by atoms with Crippen LogP contribution in [0.4, 0.5) is 5.69 Å². The zero-order valence-corrected chi connectivity index (χ0v) is 22.0. The highest BCUT2D eigenvalue weighted by Gasteiger charge is 2.53. The van der Waals surface area contributed by atoms with Gasteiger partial charge in [0.1, 0.15) is 5.54 Å². The highest BCUT2D eigenvalue weighted by molar-refractivity contribution is 5.93. The lowest BCUT2D eigenvalue weighted by Gasteiger charge is -2.47. The van der Waals surface area contributed by atoms with Gasteiger partial charge in [-0.1, -0.05) is 44.9 Å². The summed E-state index contributed by atoms with van der Waals surface area (Å²) in [6.45, 7) is 9.61. The van der Waals surface area contributed by atoms with Crippen molar-refractivity contribution in [2.24, 2.45) is 11.8 Å². The number of amides is 1. The molecule has 0 unspecified atom stereocenters. The molecule has 190 valence electrons. The Morgan fingerprint density at radius 1 is 0.971 bits per heavy atom. The molecule has 5 heteroatoms. The van der Waals surface area contributed by atoms with Gasteiger partial charge in [-0.05, 0) is 88.9 Å². The number of nitrogens with one attached hydrogen (secondary N) is 1. The fourth-order valence-electron chi connectivity index (χ4n) is 6.72. The van der Waals surface area contributed by atoms with E-state index in [-0.39, 0.29) is 5.54 Å². The average molecular weight is 469 g/mol. The third-order valence-corrected chi connectivity index (χ3v) is 9.01. The Kier molecular flexibility index (Phi) is 8.92. The van der Waals surface area contributed by atoms with Gasteiger partial charge in [0.05, 0.1) is 6.67 Å². The van der Waals surface area contributed by atoms with E-state index in [1.165, 1.54) is 50.6 Å². The van der Waals surface area contributed by atoms with Gasteiger partial charge in [0.2, 0.25) is 5.91 Å². The van der Waals surface area contributed by atoms with Gasteiger partial charge in [-0.15, -0.1) is 0 Å². The Hall–Kier alpha value is -1.59. The highest BCUT2D eigenvalue weighted by Crippen LogP contribution is 2.41. The van der Waals surface area contributed by atoms with Crippen molar-refractivity contribution in [2.75, 3.05) is 44.8 Å². The van der Waals surface area contributed by atoms with E-state index in [1.807, 2.05) is 7.05 Å². The van der Waals surface area contributed by atoms with Gasteiger partial charge in [0.25, 0.3) is 0 Å². The van der Waals surface area contributed by atoms with Crippen molar-refractivity contribution in [3.8, 4) is 0 Å². The van der Waals surface area contributed by atoms with Crippen molar-refractivity contribution in [2.45, 2.75) is 89.6 Å². The van der Waals surface area contributed by atoms with Crippen LogP contribution >= 0.6 is 0 Å². The molecule has 1 spiro atoms. The minimum Gasteiger partial charge on any atom is -0.339 e. The van der Waals surface area contributed by atoms with Gasteiger partial charge in [0, 0.05) is 31.4 Å². The molecule has 0 aromatic heterocycles. The molecule has 4 rings (SSSR count). The second-order valence-electron chi connectivity index (χ2n) is 11.4. The Labute approximate surface area is 208 Å². The Bertz CT molecular complexity index is 751. The van der Waals surface area contributed by atoms with Crippen molar-refractivity contribution in [3.63, 3.8) is 0 Å². The molecule has 1 aromatic carbocycles. The number of hydrogen-bond acceptors (Lipinski definition) is 4. The predicted molar refractivity (Wildman–Crippen MR) is 142 cm³/mol. The van der Waals surface area contributed by atoms with Crippen molar-refractivity contribution < 1.29 is 4.79 Å². The first kappa shape index (κ1) is 25.5. The van der Waals surface area contributed by atoms with Gasteiger partial charge in [-0.2, -0.15) is 0 Å². The molecule has 1 amide bonds. The lowest BCUT2D eigenvalue weighted by atomic mass is 9.78. The second-order valence-corrected chi connectivity index (χ2v) is 11.4. The number of likely N-dealkylation sites (tertiary alicyclic amines) is 1. The Morgan fingerprint density at radius 2 is 1.65 bits per heavy atom. The van der Waals surface area contributed by atoms with Crippen molar-refractivity contribution in [1.82, 2.24) is 15.1 Å². The molecule has 2 heterocycles. The largest absolute Gasteiger partial charge is 0.339 e. The number of carbonyl (C=O) groups excluding carboxylic acids is 1. The van der Waals surface area contributed by atoms with Crippen LogP contribution in [0.2, 0.25) is 0 Å². The summed E-state index contributed by atoms with van der Waals surface area (Å²) in [4.78, 5) is 21.2. The van der Waals surface area contributed by atoms with Gasteiger partial charge >= 0.3 is 0 Å². The van der Waals surface area contributed by atoms with Crippen LogP contribution in [0.1, 0.15) is 78.1 Å². The molecule has 1 N–H and O–H groups in total. The van der Waals surface area contributed by atoms with Gasteiger partial charge in [-0.3, -0.25) is 4.79 Å². The molecular weight excluding hydrogens is 420 g/mol. The summed E-state index contributed by atoms with van der Waals surface area (Å²) >= 11 is 0. The van der Waals surface area contributed by atoms with Gasteiger partial charge in [-0.25, -0.2) is 0 Å². The van der Waals surface area contributed by atoms with Crippen molar-refractivity contribution in [1.29, 1.82) is 0 Å². The van der Waals surface area contributed by atoms with E-state index in [4.69, 9.17) is 0 Å². The quantitative estimate of drug-likeness (QED) is 0.484. The topological polar surface area (TPSA) is 38.8 Å². The predicted octanol–water partition coefficient (Wildman–Crippen LogP) is 5.12. The maximum atomic E-state index is 13.9. The van der Waals surface area contributed by atoms with Crippen LogP contribution in [0.3, 0.4) is 0 Å². The average Bonchev–Trinajstić information content (AvgIpc) is 3.13. The molecular formula is C29H48N4O. The molecule has 2 saturated heterocycles. The van der Waals surface area contributed by atoms with Crippen LogP contribution in [0.25, 0.3) is 0 Å². The number of nitrogens with zero attached hydrogens (tertiary/aromatic N) is 3. The van der Waals surface area contributed by atoms with E-state index >= 15 is 0 Å². The molecule has 1 saturated carbocycles. The Balaban J connectivity index is 1.38. The van der Waals surface area contributed by atoms with E-state index in [9.17, 15) is 4.79 Å². The molecule has 1 aliphatic carbocycles. The number of benzene rings is 1. The normalized spacial score (nSPS) is 25.6. The summed E-state index contributed by atoms with van der Waals surface area (Å²) in [5.41, 5.74) is 0.859. The summed E-state index contributed by atoms with van der Waals surface area (Å²) in [7, 11) is 2.02. The minimum absolute atomic E-state index is 0.348. The first-order valence-electron chi connectivity index (χ1n) is 14.1. The van der Waals surface area contributed by atoms with Gasteiger partial charge in [0.15, 0.2) is 0 Å². The van der Waals surface area contributed by atoms with Crippen LogP contribution in [0, 0.1) is 11.8 Å². The maximum absolute atomic E-state index is 13.9. The first-order chi connectivity index (χ1) is 16.5. The number of carbonyl (C=O) groups is 1. The van der Waals surface area contributed by atoms with E-state index in [0.29, 0.717) is 5.91 Å². The first-order valence-corrected chi connectivity index (χ1v) is 14.1. The highest BCUT2D eigenvalue weighted by atomic mass is 16.2. The fraction of sp³-hybridized carbons (Fsp3) is 0.759. The van der Waals surface area contributed by atoms with Crippen molar-refractivity contribution >= 4 is 11.6 Å². The zero-order valence-electron chi connectivity index (χ0n) is 22.0. The van der Waals surface area contributed by atoms with E-state index in [1.54, 1.807) is 0 Å². The molecule has 0 bridgehead atoms. The lowest BCUT2D eigenvalue weighted by Crippen LogP contribution is -2.58. The van der Waals surface area contributed by atoms with Gasteiger partial charge < -0.3 is 20.0 Å². The molecule has 1 aromatic rings. The number of unbranched alkanes of at least 4 members (excludes halogenated alkanes) is 3. The monoisotopic (exact) mass is 468 g/mol. The van der Waals surface area contributed by atoms with Crippen molar-refractivity contribution in [3.05, 3.63) is 30.3 Å². The number of piperidine rings is 1. The standard InChI is InChI=1S/C29H48N4O/c1-24(2)25-13-15-26(16-14-25)31-21-17-29(18-22-31)28(34)32(20-10-5-4-9-19-30-3)23-33(29)27-11-7-6-8-12-27/h6-8,11-12,24-26,30H,4-5,9-10,13-23H2,1-3H3/t25-,26-. The summed E-state index contributed by atoms with van der Waals surface area (Å²) in [6.07, 6.45) is 12.1. The lowest BCUT2D eigenvalue weighted by molar-refractivity contribution is -0.134. The molecule has 5 nitrogen and oxygen atoms in total. The Morgan fingerprint density at radius 3 is 2.29 bits per heavy atom. The number of hydrogen-bond donors (Lipinski definition) is 1. The zero-order chi connectivity index (χ0) is 24.0. The minimum atomic E-state index is -0.348.